The molecule has 1 saturated heterocycles. The molecule has 2 rings (SSSR count). The fourth-order valence-corrected chi connectivity index (χ4v) is 2.76. The van der Waals surface area contributed by atoms with Gasteiger partial charge < -0.3 is 15.7 Å². The van der Waals surface area contributed by atoms with Crippen molar-refractivity contribution < 1.29 is 14.3 Å². The van der Waals surface area contributed by atoms with Crippen molar-refractivity contribution in [2.45, 2.75) is 10.7 Å². The molecule has 0 bridgehead atoms. The van der Waals surface area contributed by atoms with E-state index in [4.69, 9.17) is 35.1 Å². The highest BCUT2D eigenvalue weighted by molar-refractivity contribution is 6.41. The van der Waals surface area contributed by atoms with Crippen molar-refractivity contribution in [2.75, 3.05) is 19.6 Å². The Morgan fingerprint density at radius 1 is 1.41 bits per heavy atom. The van der Waals surface area contributed by atoms with Gasteiger partial charge in [-0.05, 0) is 30.7 Å². The molecule has 22 heavy (non-hydrogen) atoms. The second-order valence-corrected chi connectivity index (χ2v) is 6.06. The summed E-state index contributed by atoms with van der Waals surface area (Å²) in [5.74, 6) is -1.97. The minimum absolute atomic E-state index is 0.0548. The van der Waals surface area contributed by atoms with Crippen LogP contribution in [0.3, 0.4) is 0 Å². The van der Waals surface area contributed by atoms with Crippen LogP contribution in [0.1, 0.15) is 10.4 Å². The van der Waals surface area contributed by atoms with Crippen molar-refractivity contribution >= 4 is 41.0 Å². The second kappa shape index (κ2) is 6.26. The summed E-state index contributed by atoms with van der Waals surface area (Å²) in [6.45, 7) is 0.267. The highest BCUT2D eigenvalue weighted by Gasteiger charge is 2.44. The molecular formula is C13H13B3ClFN2O2. The molecule has 0 spiro atoms. The number of rotatable bonds is 3. The van der Waals surface area contributed by atoms with Crippen LogP contribution in [0.5, 0.6) is 0 Å². The molecule has 2 unspecified atom stereocenters. The maximum Gasteiger partial charge on any atom is 0.251 e. The molecule has 1 aliphatic heterocycles. The van der Waals surface area contributed by atoms with Crippen molar-refractivity contribution in [3.8, 4) is 0 Å². The number of benzene rings is 1. The Morgan fingerprint density at radius 2 is 2.09 bits per heavy atom. The van der Waals surface area contributed by atoms with Gasteiger partial charge in [0.2, 0.25) is 0 Å². The van der Waals surface area contributed by atoms with Crippen molar-refractivity contribution in [1.29, 1.82) is 0 Å². The van der Waals surface area contributed by atoms with Gasteiger partial charge in [-0.2, -0.15) is 0 Å². The van der Waals surface area contributed by atoms with Gasteiger partial charge in [-0.25, -0.2) is 4.39 Å². The lowest BCUT2D eigenvalue weighted by Crippen LogP contribution is -2.62. The minimum Gasteiger partial charge on any atom is -0.398 e. The third kappa shape index (κ3) is 3.86. The third-order valence-corrected chi connectivity index (χ3v) is 3.90. The molecule has 1 aliphatic rings. The Hall–Kier alpha value is -0.975. The zero-order valence-corrected chi connectivity index (χ0v) is 12.5. The number of hydrogen-bond donors (Lipinski definition) is 3. The fourth-order valence-electron chi connectivity index (χ4n) is 2.54. The van der Waals surface area contributed by atoms with Gasteiger partial charge in [-0.1, -0.05) is 16.8 Å². The van der Waals surface area contributed by atoms with Crippen molar-refractivity contribution in [2.24, 2.45) is 5.92 Å². The normalized spacial score (nSPS) is 27.3. The largest absolute Gasteiger partial charge is 0.398 e. The summed E-state index contributed by atoms with van der Waals surface area (Å²) in [4.78, 5) is 12.1. The van der Waals surface area contributed by atoms with E-state index in [0.29, 0.717) is 0 Å². The maximum atomic E-state index is 13.3. The molecule has 110 valence electrons. The number of carbonyl (C=O) groups excluding carboxylic acids is 1. The Balaban J connectivity index is 2.09. The topological polar surface area (TPSA) is 61.4 Å². The van der Waals surface area contributed by atoms with E-state index in [1.165, 1.54) is 6.07 Å². The minimum atomic E-state index is -1.67. The molecule has 1 aromatic carbocycles. The monoisotopic (exact) mass is 316 g/mol. The summed E-state index contributed by atoms with van der Waals surface area (Å²) in [6, 6.07) is 3.47. The van der Waals surface area contributed by atoms with E-state index in [1.54, 1.807) is 0 Å². The van der Waals surface area contributed by atoms with Gasteiger partial charge in [0, 0.05) is 29.2 Å². The first-order chi connectivity index (χ1) is 10.1. The lowest BCUT2D eigenvalue weighted by Gasteiger charge is -2.49. The highest BCUT2D eigenvalue weighted by Crippen LogP contribution is 2.36. The highest BCUT2D eigenvalue weighted by atomic mass is 35.5. The summed E-state index contributed by atoms with van der Waals surface area (Å²) in [6.07, 6.45) is 0. The van der Waals surface area contributed by atoms with Crippen LogP contribution in [0.4, 0.5) is 4.39 Å². The van der Waals surface area contributed by atoms with Crippen LogP contribution in [0.25, 0.3) is 0 Å². The Morgan fingerprint density at radius 3 is 2.68 bits per heavy atom. The van der Waals surface area contributed by atoms with Gasteiger partial charge in [0.05, 0.1) is 15.7 Å². The van der Waals surface area contributed by atoms with E-state index in [-0.39, 0.29) is 30.2 Å². The van der Waals surface area contributed by atoms with Gasteiger partial charge in [0.15, 0.2) is 0 Å². The fraction of sp³-hybridized carbons (Fsp3) is 0.462. The Labute approximate surface area is 137 Å². The van der Waals surface area contributed by atoms with Crippen molar-refractivity contribution in [3.63, 3.8) is 0 Å². The van der Waals surface area contributed by atoms with Gasteiger partial charge in [-0.15, -0.1) is 0 Å². The number of nitrogens with one attached hydrogen (secondary N) is 2. The van der Waals surface area contributed by atoms with Crippen LogP contribution in [-0.2, 0) is 0 Å². The van der Waals surface area contributed by atoms with Crippen LogP contribution in [0, 0.1) is 11.7 Å². The number of piperidine rings is 1. The van der Waals surface area contributed by atoms with Gasteiger partial charge in [0.1, 0.15) is 13.7 Å². The average molecular weight is 316 g/mol. The summed E-state index contributed by atoms with van der Waals surface area (Å²) < 4.78 is 13.3. The van der Waals surface area contributed by atoms with E-state index in [9.17, 15) is 14.3 Å². The smallest absolute Gasteiger partial charge is 0.251 e. The summed E-state index contributed by atoms with van der Waals surface area (Å²) in [5, 5.41) is 14.3. The molecule has 1 aromatic rings. The molecule has 0 aromatic heterocycles. The Bertz CT molecular complexity index is 550. The van der Waals surface area contributed by atoms with E-state index >= 15 is 0 Å². The first-order valence-corrected chi connectivity index (χ1v) is 7.04. The lowest BCUT2D eigenvalue weighted by atomic mass is 9.41. The van der Waals surface area contributed by atoms with Crippen molar-refractivity contribution in [3.05, 3.63) is 34.6 Å². The van der Waals surface area contributed by atoms with Crippen molar-refractivity contribution in [1.82, 2.24) is 10.6 Å². The molecule has 1 amide bonds. The molecule has 4 nitrogen and oxygen atoms in total. The quantitative estimate of drug-likeness (QED) is 0.674. The molecule has 1 heterocycles. The summed E-state index contributed by atoms with van der Waals surface area (Å²) in [7, 11) is 17.6. The predicted molar refractivity (Wildman–Crippen MR) is 85.0 cm³/mol. The second-order valence-electron chi connectivity index (χ2n) is 5.63. The van der Waals surface area contributed by atoms with Crippen LogP contribution >= 0.6 is 11.6 Å². The number of β-amino-alcohol motifs (C(OH)–C–C–N with tert-alkyl or cyclic N) is 1. The van der Waals surface area contributed by atoms with Crippen LogP contribution in [0.15, 0.2) is 18.2 Å². The number of halogens is 2. The molecule has 9 heteroatoms. The molecular weight excluding hydrogens is 303 g/mol. The molecule has 0 aliphatic carbocycles. The van der Waals surface area contributed by atoms with E-state index in [1.807, 2.05) is 0 Å². The summed E-state index contributed by atoms with van der Waals surface area (Å²) >= 11 is 5.71. The zero-order valence-electron chi connectivity index (χ0n) is 11.8. The van der Waals surface area contributed by atoms with Crippen LogP contribution in [-0.4, -0.2) is 59.7 Å². The average Bonchev–Trinajstić information content (AvgIpc) is 2.35. The van der Waals surface area contributed by atoms with Crippen LogP contribution in [0.2, 0.25) is 10.2 Å². The molecule has 2 atom stereocenters. The zero-order chi connectivity index (χ0) is 16.5. The van der Waals surface area contributed by atoms with E-state index in [0.717, 1.165) is 12.1 Å². The standard InChI is InChI=1S/C13H13B3ClFN2O2/c14-12(15)5-19-6-13(16,22)10(12)4-20-11(21)7-1-8(17)3-9(18)2-7/h1-3,10,19,22H,4-6H2,(H,20,21). The third-order valence-electron chi connectivity index (χ3n) is 3.68. The number of hydrogen-bond acceptors (Lipinski definition) is 3. The molecule has 3 N–H and O–H groups in total. The number of amides is 1. The lowest BCUT2D eigenvalue weighted by molar-refractivity contribution is 0.0321. The Kier molecular flexibility index (Phi) is 4.95. The number of aliphatic hydroxyl groups is 1. The number of carbonyl (C=O) groups is 1. The first-order valence-electron chi connectivity index (χ1n) is 6.66. The first kappa shape index (κ1) is 17.4. The molecule has 0 saturated carbocycles. The van der Waals surface area contributed by atoms with Gasteiger partial charge in [0.25, 0.3) is 5.91 Å². The maximum absolute atomic E-state index is 13.3. The van der Waals surface area contributed by atoms with Gasteiger partial charge in [-0.3, -0.25) is 4.79 Å². The molecule has 6 radical (unpaired) electrons. The van der Waals surface area contributed by atoms with Crippen LogP contribution < -0.4 is 10.6 Å². The SMILES string of the molecule is [B]C1([B])CNCC([B])(O)C1CNC(=O)c1cc(F)cc(Cl)c1. The predicted octanol–water partition coefficient (Wildman–Crippen LogP) is -0.261. The van der Waals surface area contributed by atoms with E-state index < -0.39 is 28.4 Å². The molecule has 1 fully saturated rings. The van der Waals surface area contributed by atoms with Gasteiger partial charge >= 0.3 is 0 Å². The summed E-state index contributed by atoms with van der Waals surface area (Å²) in [5.41, 5.74) is -1.62. The van der Waals surface area contributed by atoms with E-state index in [2.05, 4.69) is 10.6 Å².